The van der Waals surface area contributed by atoms with Crippen molar-refractivity contribution in [2.24, 2.45) is 0 Å². The highest BCUT2D eigenvalue weighted by atomic mass is 19.1. The number of carbonyl (C=O) groups excluding carboxylic acids is 1. The molecule has 3 aromatic rings. The van der Waals surface area contributed by atoms with E-state index < -0.39 is 5.97 Å². The smallest absolute Gasteiger partial charge is 0.357 e. The first kappa shape index (κ1) is 19.6. The number of methoxy groups -OCH3 is 1. The van der Waals surface area contributed by atoms with Crippen LogP contribution in [0.2, 0.25) is 0 Å². The van der Waals surface area contributed by atoms with Crippen molar-refractivity contribution in [2.75, 3.05) is 13.7 Å². The summed E-state index contributed by atoms with van der Waals surface area (Å²) >= 11 is 0. The summed E-state index contributed by atoms with van der Waals surface area (Å²) in [7, 11) is 1.33. The van der Waals surface area contributed by atoms with Gasteiger partial charge in [-0.05, 0) is 36.3 Å². The predicted molar refractivity (Wildman–Crippen MR) is 106 cm³/mol. The molecule has 1 aromatic carbocycles. The highest BCUT2D eigenvalue weighted by Crippen LogP contribution is 2.25. The minimum Gasteiger partial charge on any atom is -0.501 e. The molecule has 0 atom stereocenters. The molecule has 5 nitrogen and oxygen atoms in total. The molecule has 0 aliphatic carbocycles. The van der Waals surface area contributed by atoms with Crippen molar-refractivity contribution in [3.05, 3.63) is 71.6 Å². The van der Waals surface area contributed by atoms with Crippen LogP contribution in [-0.4, -0.2) is 29.2 Å². The van der Waals surface area contributed by atoms with Gasteiger partial charge in [-0.1, -0.05) is 25.5 Å². The fourth-order valence-electron chi connectivity index (χ4n) is 2.94. The Labute approximate surface area is 163 Å². The van der Waals surface area contributed by atoms with Crippen molar-refractivity contribution in [3.63, 3.8) is 0 Å². The third-order valence-corrected chi connectivity index (χ3v) is 4.46. The van der Waals surface area contributed by atoms with Gasteiger partial charge >= 0.3 is 5.97 Å². The van der Waals surface area contributed by atoms with Crippen molar-refractivity contribution < 1.29 is 18.7 Å². The second kappa shape index (κ2) is 9.17. The molecule has 28 heavy (non-hydrogen) atoms. The highest BCUT2D eigenvalue weighted by Gasteiger charge is 2.17. The van der Waals surface area contributed by atoms with E-state index in [1.807, 2.05) is 16.8 Å². The molecule has 0 saturated carbocycles. The number of nitrogens with zero attached hydrogens (tertiary/aromatic N) is 2. The summed E-state index contributed by atoms with van der Waals surface area (Å²) in [4.78, 5) is 16.5. The van der Waals surface area contributed by atoms with Gasteiger partial charge in [-0.2, -0.15) is 0 Å². The number of unbranched alkanes of at least 4 members (excludes halogenated alkanes) is 1. The Bertz CT molecular complexity index is 977. The van der Waals surface area contributed by atoms with Crippen LogP contribution in [0.15, 0.2) is 49.0 Å². The van der Waals surface area contributed by atoms with E-state index in [-0.39, 0.29) is 11.5 Å². The molecule has 0 unspecified atom stereocenters. The number of carbonyl (C=O) groups is 1. The minimum atomic E-state index is -0.499. The molecule has 0 aliphatic heterocycles. The zero-order valence-corrected chi connectivity index (χ0v) is 16.0. The van der Waals surface area contributed by atoms with E-state index in [1.165, 1.54) is 19.2 Å². The van der Waals surface area contributed by atoms with Crippen LogP contribution in [0, 0.1) is 5.82 Å². The lowest BCUT2D eigenvalue weighted by atomic mass is 10.1. The first-order valence-electron chi connectivity index (χ1n) is 9.22. The number of halogens is 1. The second-order valence-corrected chi connectivity index (χ2v) is 6.41. The molecule has 0 amide bonds. The van der Waals surface area contributed by atoms with Gasteiger partial charge in [0.05, 0.1) is 31.7 Å². The van der Waals surface area contributed by atoms with E-state index in [0.29, 0.717) is 18.7 Å². The molecule has 2 aromatic heterocycles. The lowest BCUT2D eigenvalue weighted by molar-refractivity contribution is 0.0594. The molecule has 0 spiro atoms. The van der Waals surface area contributed by atoms with E-state index >= 15 is 0 Å². The molecular formula is C22H23FN2O3. The summed E-state index contributed by atoms with van der Waals surface area (Å²) in [5.41, 5.74) is 2.73. The van der Waals surface area contributed by atoms with Gasteiger partial charge in [-0.3, -0.25) is 0 Å². The maximum absolute atomic E-state index is 13.1. The number of hydrogen-bond acceptors (Lipinski definition) is 4. The van der Waals surface area contributed by atoms with Gasteiger partial charge in [0, 0.05) is 23.7 Å². The molecule has 0 bridgehead atoms. The molecule has 0 radical (unpaired) electrons. The number of hydrogen-bond donors (Lipinski definition) is 0. The van der Waals surface area contributed by atoms with Crippen molar-refractivity contribution in [2.45, 2.75) is 26.3 Å². The van der Waals surface area contributed by atoms with Crippen LogP contribution in [0.25, 0.3) is 17.0 Å². The monoisotopic (exact) mass is 382 g/mol. The molecule has 146 valence electrons. The summed E-state index contributed by atoms with van der Waals surface area (Å²) in [5.74, 6) is -0.762. The number of ether oxygens (including phenoxy) is 2. The van der Waals surface area contributed by atoms with Gasteiger partial charge < -0.3 is 14.0 Å². The Balaban J connectivity index is 1.96. The molecule has 0 aliphatic rings. The third kappa shape index (κ3) is 4.39. The van der Waals surface area contributed by atoms with Crippen molar-refractivity contribution in [1.82, 2.24) is 9.55 Å². The van der Waals surface area contributed by atoms with Crippen LogP contribution >= 0.6 is 0 Å². The topological polar surface area (TPSA) is 53.4 Å². The first-order chi connectivity index (χ1) is 13.6. The molecule has 6 heteroatoms. The van der Waals surface area contributed by atoms with Gasteiger partial charge in [0.15, 0.2) is 5.69 Å². The van der Waals surface area contributed by atoms with E-state index in [1.54, 1.807) is 30.7 Å². The maximum Gasteiger partial charge on any atom is 0.357 e. The summed E-state index contributed by atoms with van der Waals surface area (Å²) in [6, 6.07) is 8.31. The number of fused-ring (bicyclic) bond motifs is 1. The zero-order chi connectivity index (χ0) is 19.9. The van der Waals surface area contributed by atoms with Crippen molar-refractivity contribution in [1.29, 1.82) is 0 Å². The van der Waals surface area contributed by atoms with Crippen LogP contribution in [0.4, 0.5) is 4.39 Å². The summed E-state index contributed by atoms with van der Waals surface area (Å²) in [5, 5.41) is 0.868. The lowest BCUT2D eigenvalue weighted by Crippen LogP contribution is -2.07. The Hall–Kier alpha value is -3.15. The van der Waals surface area contributed by atoms with Crippen LogP contribution < -0.4 is 0 Å². The SMILES string of the molecule is CCCCOC=Cc1c(C(=O)OC)ncc2c1ccn2Cc1ccc(F)cc1. The standard InChI is InChI=1S/C22H23FN2O3/c1-3-4-12-28-13-10-19-18-9-11-25(15-16-5-7-17(23)8-6-16)20(18)14-24-21(19)22(26)27-2/h5-11,13-14H,3-4,12,15H2,1-2H3. The third-order valence-electron chi connectivity index (χ3n) is 4.46. The van der Waals surface area contributed by atoms with Gasteiger partial charge in [-0.15, -0.1) is 0 Å². The first-order valence-corrected chi connectivity index (χ1v) is 9.22. The van der Waals surface area contributed by atoms with Crippen molar-refractivity contribution >= 4 is 22.9 Å². The molecule has 0 fully saturated rings. The summed E-state index contributed by atoms with van der Waals surface area (Å²) < 4.78 is 25.5. The van der Waals surface area contributed by atoms with E-state index in [4.69, 9.17) is 9.47 Å². The van der Waals surface area contributed by atoms with Gasteiger partial charge in [0.2, 0.25) is 0 Å². The molecule has 0 N–H and O–H groups in total. The molecule has 0 saturated heterocycles. The largest absolute Gasteiger partial charge is 0.501 e. The van der Waals surface area contributed by atoms with Gasteiger partial charge in [-0.25, -0.2) is 14.2 Å². The number of benzene rings is 1. The molecule has 3 rings (SSSR count). The van der Waals surface area contributed by atoms with E-state index in [9.17, 15) is 9.18 Å². The van der Waals surface area contributed by atoms with E-state index in [2.05, 4.69) is 11.9 Å². The average Bonchev–Trinajstić information content (AvgIpc) is 3.12. The molecular weight excluding hydrogens is 359 g/mol. The van der Waals surface area contributed by atoms with Crippen LogP contribution in [0.3, 0.4) is 0 Å². The summed E-state index contributed by atoms with van der Waals surface area (Å²) in [6.07, 6.45) is 8.93. The summed E-state index contributed by atoms with van der Waals surface area (Å²) in [6.45, 7) is 3.28. The number of aromatic nitrogens is 2. The maximum atomic E-state index is 13.1. The van der Waals surface area contributed by atoms with Gasteiger partial charge in [0.1, 0.15) is 5.82 Å². The van der Waals surface area contributed by atoms with Crippen LogP contribution in [0.1, 0.15) is 41.4 Å². The Kier molecular flexibility index (Phi) is 6.42. The van der Waals surface area contributed by atoms with Crippen molar-refractivity contribution in [3.8, 4) is 0 Å². The van der Waals surface area contributed by atoms with E-state index in [0.717, 1.165) is 29.3 Å². The average molecular weight is 382 g/mol. The molecule has 2 heterocycles. The number of esters is 1. The van der Waals surface area contributed by atoms with Gasteiger partial charge in [0.25, 0.3) is 0 Å². The number of pyridine rings is 1. The Morgan fingerprint density at radius 2 is 2.04 bits per heavy atom. The fourth-order valence-corrected chi connectivity index (χ4v) is 2.94. The normalized spacial score (nSPS) is 11.2. The van der Waals surface area contributed by atoms with Crippen LogP contribution in [0.5, 0.6) is 0 Å². The Morgan fingerprint density at radius 1 is 1.25 bits per heavy atom. The number of rotatable bonds is 8. The Morgan fingerprint density at radius 3 is 2.75 bits per heavy atom. The minimum absolute atomic E-state index is 0.241. The predicted octanol–water partition coefficient (Wildman–Crippen LogP) is 4.80. The fraction of sp³-hybridized carbons (Fsp3) is 0.273. The highest BCUT2D eigenvalue weighted by molar-refractivity contribution is 6.00. The zero-order valence-electron chi connectivity index (χ0n) is 16.0. The van der Waals surface area contributed by atoms with Crippen LogP contribution in [-0.2, 0) is 16.0 Å². The quantitative estimate of drug-likeness (QED) is 0.319. The lowest BCUT2D eigenvalue weighted by Gasteiger charge is -2.09. The second-order valence-electron chi connectivity index (χ2n) is 6.41.